The number of hydrogen-bond donors (Lipinski definition) is 1. The van der Waals surface area contributed by atoms with Crippen LogP contribution in [0.2, 0.25) is 5.02 Å². The molecule has 0 unspecified atom stereocenters. The SMILES string of the molecule is CN(C)C(=O)N1CCC(C#N)(Nc2ccccc2Cl)CC1. The highest BCUT2D eigenvalue weighted by molar-refractivity contribution is 6.33. The van der Waals surface area contributed by atoms with E-state index in [-0.39, 0.29) is 6.03 Å². The van der Waals surface area contributed by atoms with Gasteiger partial charge in [0, 0.05) is 40.0 Å². The van der Waals surface area contributed by atoms with Crippen molar-refractivity contribution in [3.8, 4) is 6.07 Å². The summed E-state index contributed by atoms with van der Waals surface area (Å²) in [5.74, 6) is 0. The molecule has 0 aromatic heterocycles. The van der Waals surface area contributed by atoms with Gasteiger partial charge in [-0.05, 0) is 12.1 Å². The van der Waals surface area contributed by atoms with E-state index in [0.717, 1.165) is 5.69 Å². The molecule has 0 aliphatic carbocycles. The van der Waals surface area contributed by atoms with E-state index >= 15 is 0 Å². The third-order valence-corrected chi connectivity index (χ3v) is 4.06. The number of piperidine rings is 1. The lowest BCUT2D eigenvalue weighted by Gasteiger charge is -2.39. The molecule has 6 heteroatoms. The van der Waals surface area contributed by atoms with Crippen molar-refractivity contribution in [1.82, 2.24) is 9.80 Å². The first-order chi connectivity index (χ1) is 9.97. The molecule has 1 aliphatic rings. The van der Waals surface area contributed by atoms with Crippen molar-refractivity contribution >= 4 is 23.3 Å². The number of carbonyl (C=O) groups is 1. The molecule has 21 heavy (non-hydrogen) atoms. The van der Waals surface area contributed by atoms with E-state index in [4.69, 9.17) is 11.6 Å². The number of anilines is 1. The smallest absolute Gasteiger partial charge is 0.319 e. The summed E-state index contributed by atoms with van der Waals surface area (Å²) in [6.07, 6.45) is 1.16. The molecule has 2 rings (SSSR count). The van der Waals surface area contributed by atoms with Gasteiger partial charge in [-0.2, -0.15) is 5.26 Å². The number of para-hydroxylation sites is 1. The molecule has 1 saturated heterocycles. The maximum absolute atomic E-state index is 11.9. The molecule has 0 spiro atoms. The highest BCUT2D eigenvalue weighted by atomic mass is 35.5. The number of nitriles is 1. The summed E-state index contributed by atoms with van der Waals surface area (Å²) >= 11 is 6.14. The fourth-order valence-corrected chi connectivity index (χ4v) is 2.63. The standard InChI is InChI=1S/C15H19ClN4O/c1-19(2)14(21)20-9-7-15(11-17,8-10-20)18-13-6-4-3-5-12(13)16/h3-6,18H,7-10H2,1-2H3. The van der Waals surface area contributed by atoms with Crippen LogP contribution in [0.1, 0.15) is 12.8 Å². The Morgan fingerprint density at radius 2 is 2.00 bits per heavy atom. The minimum atomic E-state index is -0.673. The predicted octanol–water partition coefficient (Wildman–Crippen LogP) is 2.79. The van der Waals surface area contributed by atoms with Crippen LogP contribution in [0, 0.1) is 11.3 Å². The van der Waals surface area contributed by atoms with Gasteiger partial charge in [0.25, 0.3) is 0 Å². The molecular formula is C15H19ClN4O. The lowest BCUT2D eigenvalue weighted by Crippen LogP contribution is -2.52. The second-order valence-electron chi connectivity index (χ2n) is 5.46. The minimum Gasteiger partial charge on any atom is -0.366 e. The number of halogens is 1. The van der Waals surface area contributed by atoms with Crippen LogP contribution in [0.5, 0.6) is 0 Å². The van der Waals surface area contributed by atoms with E-state index < -0.39 is 5.54 Å². The molecule has 0 atom stereocenters. The van der Waals surface area contributed by atoms with E-state index in [0.29, 0.717) is 31.0 Å². The van der Waals surface area contributed by atoms with Crippen molar-refractivity contribution in [2.45, 2.75) is 18.4 Å². The molecule has 1 aromatic carbocycles. The molecule has 1 N–H and O–H groups in total. The van der Waals surface area contributed by atoms with E-state index in [1.54, 1.807) is 30.0 Å². The number of nitrogens with one attached hydrogen (secondary N) is 1. The minimum absolute atomic E-state index is 0.0146. The van der Waals surface area contributed by atoms with Crippen LogP contribution in [0.25, 0.3) is 0 Å². The summed E-state index contributed by atoms with van der Waals surface area (Å²) in [5, 5.41) is 13.4. The fraction of sp³-hybridized carbons (Fsp3) is 0.467. The Morgan fingerprint density at radius 1 is 1.38 bits per heavy atom. The lowest BCUT2D eigenvalue weighted by molar-refractivity contribution is 0.152. The molecular weight excluding hydrogens is 288 g/mol. The van der Waals surface area contributed by atoms with Crippen molar-refractivity contribution < 1.29 is 4.79 Å². The van der Waals surface area contributed by atoms with Gasteiger partial charge in [0.15, 0.2) is 0 Å². The molecule has 112 valence electrons. The number of benzene rings is 1. The summed E-state index contributed by atoms with van der Waals surface area (Å²) in [7, 11) is 3.47. The van der Waals surface area contributed by atoms with E-state index in [1.807, 2.05) is 18.2 Å². The first-order valence-electron chi connectivity index (χ1n) is 6.88. The van der Waals surface area contributed by atoms with Crippen LogP contribution in [0.15, 0.2) is 24.3 Å². The average Bonchev–Trinajstić information content (AvgIpc) is 2.49. The Kier molecular flexibility index (Phi) is 4.59. The van der Waals surface area contributed by atoms with Gasteiger partial charge in [-0.1, -0.05) is 23.7 Å². The number of carbonyl (C=O) groups excluding carboxylic acids is 1. The lowest BCUT2D eigenvalue weighted by atomic mass is 9.88. The zero-order valence-corrected chi connectivity index (χ0v) is 13.0. The predicted molar refractivity (Wildman–Crippen MR) is 83.3 cm³/mol. The first-order valence-corrected chi connectivity index (χ1v) is 7.25. The third kappa shape index (κ3) is 3.40. The zero-order chi connectivity index (χ0) is 15.5. The van der Waals surface area contributed by atoms with Crippen molar-refractivity contribution in [1.29, 1.82) is 5.26 Å². The van der Waals surface area contributed by atoms with Gasteiger partial charge >= 0.3 is 6.03 Å². The van der Waals surface area contributed by atoms with Crippen molar-refractivity contribution in [3.05, 3.63) is 29.3 Å². The summed E-state index contributed by atoms with van der Waals surface area (Å²) < 4.78 is 0. The van der Waals surface area contributed by atoms with Gasteiger partial charge in [-0.3, -0.25) is 0 Å². The molecule has 1 heterocycles. The zero-order valence-electron chi connectivity index (χ0n) is 12.3. The quantitative estimate of drug-likeness (QED) is 0.914. The molecule has 5 nitrogen and oxygen atoms in total. The van der Waals surface area contributed by atoms with E-state index in [1.165, 1.54) is 0 Å². The number of rotatable bonds is 2. The van der Waals surface area contributed by atoms with Gasteiger partial charge in [-0.15, -0.1) is 0 Å². The average molecular weight is 307 g/mol. The highest BCUT2D eigenvalue weighted by Crippen LogP contribution is 2.30. The summed E-state index contributed by atoms with van der Waals surface area (Å²) in [5.41, 5.74) is 0.0850. The van der Waals surface area contributed by atoms with Crippen LogP contribution < -0.4 is 5.32 Å². The molecule has 2 amide bonds. The van der Waals surface area contributed by atoms with E-state index in [9.17, 15) is 10.1 Å². The van der Waals surface area contributed by atoms with E-state index in [2.05, 4.69) is 11.4 Å². The Hall–Kier alpha value is -1.93. The molecule has 0 bridgehead atoms. The Morgan fingerprint density at radius 3 is 2.52 bits per heavy atom. The maximum atomic E-state index is 11.9. The molecule has 0 saturated carbocycles. The van der Waals surface area contributed by atoms with Gasteiger partial charge in [0.2, 0.25) is 0 Å². The van der Waals surface area contributed by atoms with Crippen LogP contribution >= 0.6 is 11.6 Å². The Labute approximate surface area is 130 Å². The number of amides is 2. The van der Waals surface area contributed by atoms with Crippen LogP contribution in [-0.2, 0) is 0 Å². The van der Waals surface area contributed by atoms with Crippen molar-refractivity contribution in [2.75, 3.05) is 32.5 Å². The van der Waals surface area contributed by atoms with Crippen molar-refractivity contribution in [3.63, 3.8) is 0 Å². The van der Waals surface area contributed by atoms with Gasteiger partial charge < -0.3 is 15.1 Å². The number of likely N-dealkylation sites (tertiary alicyclic amines) is 1. The molecule has 1 fully saturated rings. The largest absolute Gasteiger partial charge is 0.366 e. The topological polar surface area (TPSA) is 59.4 Å². The fourth-order valence-electron chi connectivity index (χ4n) is 2.45. The van der Waals surface area contributed by atoms with Gasteiger partial charge in [0.1, 0.15) is 5.54 Å². The number of nitrogens with zero attached hydrogens (tertiary/aromatic N) is 3. The summed E-state index contributed by atoms with van der Waals surface area (Å²) in [4.78, 5) is 15.3. The van der Waals surface area contributed by atoms with Crippen LogP contribution in [0.4, 0.5) is 10.5 Å². The number of urea groups is 1. The van der Waals surface area contributed by atoms with Crippen LogP contribution in [-0.4, -0.2) is 48.6 Å². The highest BCUT2D eigenvalue weighted by Gasteiger charge is 2.36. The Bertz CT molecular complexity index is 559. The number of hydrogen-bond acceptors (Lipinski definition) is 3. The second kappa shape index (κ2) is 6.23. The molecule has 1 aliphatic heterocycles. The monoisotopic (exact) mass is 306 g/mol. The Balaban J connectivity index is 2.07. The first kappa shape index (κ1) is 15.5. The molecule has 0 radical (unpaired) electrons. The third-order valence-electron chi connectivity index (χ3n) is 3.73. The summed E-state index contributed by atoms with van der Waals surface area (Å²) in [6, 6.07) is 9.73. The van der Waals surface area contributed by atoms with Gasteiger partial charge in [0.05, 0.1) is 16.8 Å². The van der Waals surface area contributed by atoms with Crippen molar-refractivity contribution in [2.24, 2.45) is 0 Å². The summed E-state index contributed by atoms with van der Waals surface area (Å²) in [6.45, 7) is 1.12. The molecule has 1 aromatic rings. The van der Waals surface area contributed by atoms with Gasteiger partial charge in [-0.25, -0.2) is 4.79 Å². The second-order valence-corrected chi connectivity index (χ2v) is 5.87. The normalized spacial score (nSPS) is 17.0. The maximum Gasteiger partial charge on any atom is 0.319 e. The van der Waals surface area contributed by atoms with Crippen LogP contribution in [0.3, 0.4) is 0 Å².